The number of amides is 2. The van der Waals surface area contributed by atoms with Crippen LogP contribution in [0.3, 0.4) is 0 Å². The van der Waals surface area contributed by atoms with Gasteiger partial charge in [0.05, 0.1) is 29.3 Å². The van der Waals surface area contributed by atoms with Gasteiger partial charge in [-0.05, 0) is 25.0 Å². The summed E-state index contributed by atoms with van der Waals surface area (Å²) in [5, 5.41) is 20.2. The number of hydrogen-bond acceptors (Lipinski definition) is 6. The maximum Gasteiger partial charge on any atom is 0.321 e. The van der Waals surface area contributed by atoms with Crippen LogP contribution < -0.4 is 5.32 Å². The fourth-order valence-corrected chi connectivity index (χ4v) is 3.18. The zero-order valence-corrected chi connectivity index (χ0v) is 14.4. The molecule has 0 atom stereocenters. The molecule has 0 spiro atoms. The van der Waals surface area contributed by atoms with Crippen molar-refractivity contribution in [1.29, 1.82) is 5.26 Å². The number of nitriles is 1. The number of pyridine rings is 1. The number of urea groups is 1. The molecule has 1 aliphatic rings. The number of piperidine rings is 1. The first-order chi connectivity index (χ1) is 13.2. The van der Waals surface area contributed by atoms with E-state index in [0.717, 1.165) is 18.5 Å². The zero-order valence-electron chi connectivity index (χ0n) is 14.4. The van der Waals surface area contributed by atoms with Crippen molar-refractivity contribution in [2.24, 2.45) is 0 Å². The maximum absolute atomic E-state index is 12.5. The average molecular weight is 363 g/mol. The second-order valence-electron chi connectivity index (χ2n) is 6.28. The van der Waals surface area contributed by atoms with Gasteiger partial charge >= 0.3 is 6.03 Å². The van der Waals surface area contributed by atoms with Crippen LogP contribution in [0.2, 0.25) is 0 Å². The highest BCUT2D eigenvalue weighted by atomic mass is 16.5. The number of likely N-dealkylation sites (tertiary alicyclic amines) is 1. The summed E-state index contributed by atoms with van der Waals surface area (Å²) in [5.41, 5.74) is 1.90. The summed E-state index contributed by atoms with van der Waals surface area (Å²) in [4.78, 5) is 18.5. The summed E-state index contributed by atoms with van der Waals surface area (Å²) in [7, 11) is 0. The van der Waals surface area contributed by atoms with Gasteiger partial charge in [-0.3, -0.25) is 0 Å². The number of carbonyl (C=O) groups is 1. The topological polar surface area (TPSA) is 113 Å². The summed E-state index contributed by atoms with van der Waals surface area (Å²) in [6.45, 7) is 1.30. The standard InChI is InChI=1S/C18H17N7O2/c19-10-14-2-1-6-20-17(14)25-12-15(11-21-25)22-18(26)24-7-3-13(4-8-24)16-5-9-27-23-16/h1-2,5-6,9,11-13H,3-4,7-8H2,(H,22,26). The van der Waals surface area contributed by atoms with Crippen LogP contribution in [-0.4, -0.2) is 43.9 Å². The highest BCUT2D eigenvalue weighted by Gasteiger charge is 2.25. The zero-order chi connectivity index (χ0) is 18.6. The summed E-state index contributed by atoms with van der Waals surface area (Å²) >= 11 is 0. The first kappa shape index (κ1) is 16.8. The van der Waals surface area contributed by atoms with E-state index in [1.807, 2.05) is 6.07 Å². The molecule has 2 amide bonds. The summed E-state index contributed by atoms with van der Waals surface area (Å²) in [6.07, 6.45) is 8.04. The van der Waals surface area contributed by atoms with Gasteiger partial charge in [-0.15, -0.1) is 0 Å². The lowest BCUT2D eigenvalue weighted by Crippen LogP contribution is -2.40. The number of nitrogens with zero attached hydrogens (tertiary/aromatic N) is 6. The third-order valence-corrected chi connectivity index (χ3v) is 4.62. The SMILES string of the molecule is N#Cc1cccnc1-n1cc(NC(=O)N2CCC(c3ccon3)CC2)cn1. The van der Waals surface area contributed by atoms with Crippen LogP contribution in [-0.2, 0) is 0 Å². The summed E-state index contributed by atoms with van der Waals surface area (Å²) < 4.78 is 6.38. The molecule has 9 heteroatoms. The van der Waals surface area contributed by atoms with Crippen molar-refractivity contribution in [2.75, 3.05) is 18.4 Å². The molecule has 0 unspecified atom stereocenters. The minimum atomic E-state index is -0.172. The smallest absolute Gasteiger partial charge is 0.321 e. The summed E-state index contributed by atoms with van der Waals surface area (Å²) in [5.74, 6) is 0.748. The van der Waals surface area contributed by atoms with Crippen LogP contribution >= 0.6 is 0 Å². The van der Waals surface area contributed by atoms with Crippen molar-refractivity contribution < 1.29 is 9.32 Å². The molecule has 136 valence electrons. The molecule has 0 radical (unpaired) electrons. The third-order valence-electron chi connectivity index (χ3n) is 4.62. The van der Waals surface area contributed by atoms with Crippen LogP contribution in [0.1, 0.15) is 30.0 Å². The van der Waals surface area contributed by atoms with Crippen molar-refractivity contribution in [3.63, 3.8) is 0 Å². The predicted molar refractivity (Wildman–Crippen MR) is 95.1 cm³/mol. The van der Waals surface area contributed by atoms with Crippen LogP contribution in [0.15, 0.2) is 47.6 Å². The normalized spacial score (nSPS) is 14.7. The Morgan fingerprint density at radius 1 is 1.33 bits per heavy atom. The lowest BCUT2D eigenvalue weighted by atomic mass is 9.94. The fraction of sp³-hybridized carbons (Fsp3) is 0.278. The number of aromatic nitrogens is 4. The summed E-state index contributed by atoms with van der Waals surface area (Å²) in [6, 6.07) is 7.15. The minimum Gasteiger partial charge on any atom is -0.365 e. The fourth-order valence-electron chi connectivity index (χ4n) is 3.18. The highest BCUT2D eigenvalue weighted by Crippen LogP contribution is 2.27. The lowest BCUT2D eigenvalue weighted by Gasteiger charge is -2.30. The van der Waals surface area contributed by atoms with Crippen LogP contribution in [0, 0.1) is 11.3 Å². The molecule has 1 saturated heterocycles. The number of hydrogen-bond donors (Lipinski definition) is 1. The second-order valence-corrected chi connectivity index (χ2v) is 6.28. The van der Waals surface area contributed by atoms with Gasteiger partial charge in [0.25, 0.3) is 0 Å². The monoisotopic (exact) mass is 363 g/mol. The molecular weight excluding hydrogens is 346 g/mol. The Balaban J connectivity index is 1.38. The third kappa shape index (κ3) is 3.50. The largest absolute Gasteiger partial charge is 0.365 e. The van der Waals surface area contributed by atoms with E-state index < -0.39 is 0 Å². The maximum atomic E-state index is 12.5. The van der Waals surface area contributed by atoms with Crippen LogP contribution in [0.5, 0.6) is 0 Å². The Morgan fingerprint density at radius 3 is 2.93 bits per heavy atom. The molecule has 0 aromatic carbocycles. The van der Waals surface area contributed by atoms with Crippen molar-refractivity contribution in [3.8, 4) is 11.9 Å². The van der Waals surface area contributed by atoms with E-state index in [1.165, 1.54) is 10.9 Å². The van der Waals surface area contributed by atoms with Gasteiger partial charge in [0.1, 0.15) is 12.3 Å². The minimum absolute atomic E-state index is 0.172. The van der Waals surface area contributed by atoms with Gasteiger partial charge in [-0.2, -0.15) is 10.4 Å². The van der Waals surface area contributed by atoms with Crippen LogP contribution in [0.25, 0.3) is 5.82 Å². The number of rotatable bonds is 3. The molecule has 1 aliphatic heterocycles. The molecule has 0 bridgehead atoms. The molecule has 1 fully saturated rings. The van der Waals surface area contributed by atoms with Crippen molar-refractivity contribution >= 4 is 11.7 Å². The van der Waals surface area contributed by atoms with E-state index in [4.69, 9.17) is 4.52 Å². The van der Waals surface area contributed by atoms with Crippen molar-refractivity contribution in [3.05, 3.63) is 54.3 Å². The van der Waals surface area contributed by atoms with Crippen molar-refractivity contribution in [1.82, 2.24) is 24.8 Å². The Bertz CT molecular complexity index is 966. The molecule has 27 heavy (non-hydrogen) atoms. The Labute approximate surface area is 155 Å². The first-order valence-electron chi connectivity index (χ1n) is 8.61. The van der Waals surface area contributed by atoms with E-state index in [0.29, 0.717) is 36.1 Å². The quantitative estimate of drug-likeness (QED) is 0.765. The van der Waals surface area contributed by atoms with Gasteiger partial charge in [-0.1, -0.05) is 5.16 Å². The molecular formula is C18H17N7O2. The highest BCUT2D eigenvalue weighted by molar-refractivity contribution is 5.89. The van der Waals surface area contributed by atoms with E-state index in [-0.39, 0.29) is 6.03 Å². The second kappa shape index (κ2) is 7.29. The first-order valence-corrected chi connectivity index (χ1v) is 8.61. The van der Waals surface area contributed by atoms with Gasteiger partial charge in [0.2, 0.25) is 0 Å². The lowest BCUT2D eigenvalue weighted by molar-refractivity contribution is 0.193. The van der Waals surface area contributed by atoms with Gasteiger partial charge in [-0.25, -0.2) is 14.5 Å². The Kier molecular flexibility index (Phi) is 4.53. The van der Waals surface area contributed by atoms with Gasteiger partial charge in [0, 0.05) is 31.3 Å². The van der Waals surface area contributed by atoms with Gasteiger partial charge < -0.3 is 14.7 Å². The molecule has 3 aromatic rings. The number of nitrogens with one attached hydrogen (secondary N) is 1. The van der Waals surface area contributed by atoms with Crippen LogP contribution in [0.4, 0.5) is 10.5 Å². The van der Waals surface area contributed by atoms with Gasteiger partial charge in [0.15, 0.2) is 5.82 Å². The molecule has 4 heterocycles. The average Bonchev–Trinajstić information content (AvgIpc) is 3.40. The Hall–Kier alpha value is -3.67. The van der Waals surface area contributed by atoms with Crippen molar-refractivity contribution in [2.45, 2.75) is 18.8 Å². The molecule has 4 rings (SSSR count). The molecule has 9 nitrogen and oxygen atoms in total. The molecule has 0 saturated carbocycles. The predicted octanol–water partition coefficient (Wildman–Crippen LogP) is 2.54. The molecule has 3 aromatic heterocycles. The van der Waals surface area contributed by atoms with E-state index in [9.17, 15) is 10.1 Å². The van der Waals surface area contributed by atoms with E-state index in [1.54, 1.807) is 35.7 Å². The van der Waals surface area contributed by atoms with E-state index in [2.05, 4.69) is 26.6 Å². The Morgan fingerprint density at radius 2 is 2.19 bits per heavy atom. The van der Waals surface area contributed by atoms with E-state index >= 15 is 0 Å². The molecule has 0 aliphatic carbocycles. The number of carbonyl (C=O) groups excluding carboxylic acids is 1. The molecule has 1 N–H and O–H groups in total. The number of anilines is 1.